The molecule has 9 heteroatoms. The molecule has 2 heterocycles. The number of H-pyrrole nitrogens is 2. The van der Waals surface area contributed by atoms with E-state index in [0.29, 0.717) is 27.0 Å². The van der Waals surface area contributed by atoms with Crippen LogP contribution in [0.3, 0.4) is 0 Å². The van der Waals surface area contributed by atoms with Gasteiger partial charge in [0.25, 0.3) is 11.1 Å². The number of nitrogens with zero attached hydrogens (tertiary/aromatic N) is 1. The van der Waals surface area contributed by atoms with Crippen molar-refractivity contribution in [1.82, 2.24) is 14.6 Å². The van der Waals surface area contributed by atoms with Gasteiger partial charge in [0.1, 0.15) is 11.5 Å². The monoisotopic (exact) mass is 404 g/mol. The van der Waals surface area contributed by atoms with Crippen molar-refractivity contribution in [2.24, 2.45) is 0 Å². The molecular formula is C18H11Cl2FN4O2. The lowest BCUT2D eigenvalue weighted by Gasteiger charge is -2.07. The van der Waals surface area contributed by atoms with Gasteiger partial charge in [0.15, 0.2) is 5.65 Å². The highest BCUT2D eigenvalue weighted by molar-refractivity contribution is 6.42. The summed E-state index contributed by atoms with van der Waals surface area (Å²) in [6, 6.07) is 11.8. The molecule has 136 valence electrons. The van der Waals surface area contributed by atoms with Gasteiger partial charge in [-0.2, -0.15) is 4.52 Å². The van der Waals surface area contributed by atoms with Gasteiger partial charge >= 0.3 is 0 Å². The third-order valence-electron chi connectivity index (χ3n) is 3.99. The summed E-state index contributed by atoms with van der Waals surface area (Å²) in [6.07, 6.45) is 0. The molecule has 0 bridgehead atoms. The normalized spacial score (nSPS) is 11.1. The number of anilines is 2. The Hall–Kier alpha value is -3.03. The maximum absolute atomic E-state index is 13.1. The molecule has 4 rings (SSSR count). The quantitative estimate of drug-likeness (QED) is 0.479. The van der Waals surface area contributed by atoms with Crippen LogP contribution >= 0.6 is 23.2 Å². The number of aromatic nitrogens is 3. The molecule has 0 aliphatic carbocycles. The van der Waals surface area contributed by atoms with Crippen LogP contribution in [-0.2, 0) is 0 Å². The van der Waals surface area contributed by atoms with E-state index in [-0.39, 0.29) is 11.3 Å². The van der Waals surface area contributed by atoms with Crippen molar-refractivity contribution in [2.75, 3.05) is 5.32 Å². The van der Waals surface area contributed by atoms with E-state index in [1.54, 1.807) is 18.2 Å². The molecule has 6 nitrogen and oxygen atoms in total. The Morgan fingerprint density at radius 2 is 1.70 bits per heavy atom. The first-order chi connectivity index (χ1) is 12.9. The van der Waals surface area contributed by atoms with E-state index in [9.17, 15) is 14.0 Å². The van der Waals surface area contributed by atoms with Gasteiger partial charge in [-0.3, -0.25) is 14.7 Å². The molecule has 0 unspecified atom stereocenters. The minimum atomic E-state index is -0.501. The van der Waals surface area contributed by atoms with Crippen LogP contribution in [0, 0.1) is 5.82 Å². The van der Waals surface area contributed by atoms with Gasteiger partial charge in [0.2, 0.25) is 0 Å². The molecule has 0 aliphatic heterocycles. The number of halogens is 3. The molecular weight excluding hydrogens is 394 g/mol. The fraction of sp³-hybridized carbons (Fsp3) is 0. The third-order valence-corrected chi connectivity index (χ3v) is 4.73. The summed E-state index contributed by atoms with van der Waals surface area (Å²) in [5.41, 5.74) is 1.01. The van der Waals surface area contributed by atoms with Crippen LogP contribution in [0.15, 0.2) is 58.1 Å². The molecule has 2 aromatic carbocycles. The predicted molar refractivity (Wildman–Crippen MR) is 104 cm³/mol. The van der Waals surface area contributed by atoms with E-state index in [2.05, 4.69) is 15.4 Å². The summed E-state index contributed by atoms with van der Waals surface area (Å²) < 4.78 is 14.2. The van der Waals surface area contributed by atoms with E-state index < -0.39 is 16.9 Å². The van der Waals surface area contributed by atoms with Gasteiger partial charge in [0.05, 0.1) is 15.7 Å². The SMILES string of the molecule is O=c1[nH]n2c(=O)cc(-c3ccc(Cl)c(Cl)c3)[nH]c2c1Nc1ccc(F)cc1. The molecule has 0 radical (unpaired) electrons. The Balaban J connectivity index is 1.87. The maximum Gasteiger partial charge on any atom is 0.290 e. The number of hydrogen-bond acceptors (Lipinski definition) is 3. The minimum absolute atomic E-state index is 0.126. The van der Waals surface area contributed by atoms with E-state index in [0.717, 1.165) is 4.52 Å². The van der Waals surface area contributed by atoms with Crippen LogP contribution in [0.1, 0.15) is 0 Å². The molecule has 0 atom stereocenters. The molecule has 0 aliphatic rings. The second kappa shape index (κ2) is 6.61. The fourth-order valence-corrected chi connectivity index (χ4v) is 2.98. The highest BCUT2D eigenvalue weighted by Gasteiger charge is 2.14. The first kappa shape index (κ1) is 17.4. The Kier molecular flexibility index (Phi) is 4.25. The van der Waals surface area contributed by atoms with Crippen molar-refractivity contribution in [3.8, 4) is 11.3 Å². The van der Waals surface area contributed by atoms with E-state index in [4.69, 9.17) is 23.2 Å². The van der Waals surface area contributed by atoms with Gasteiger partial charge in [-0.05, 0) is 42.0 Å². The standard InChI is InChI=1S/C18H11Cl2FN4O2/c19-12-6-1-9(7-13(12)20)14-8-15(26)25-17(23-14)16(18(27)24-25)22-11-4-2-10(21)3-5-11/h1-8,22-23H,(H,24,27). The number of fused-ring (bicyclic) bond motifs is 1. The van der Waals surface area contributed by atoms with Crippen molar-refractivity contribution in [3.05, 3.63) is 85.1 Å². The lowest BCUT2D eigenvalue weighted by Crippen LogP contribution is -2.15. The minimum Gasteiger partial charge on any atom is -0.348 e. The Bertz CT molecular complexity index is 1280. The van der Waals surface area contributed by atoms with Crippen LogP contribution in [0.4, 0.5) is 15.8 Å². The molecule has 4 aromatic rings. The van der Waals surface area contributed by atoms with Crippen molar-refractivity contribution < 1.29 is 4.39 Å². The average molecular weight is 405 g/mol. The topological polar surface area (TPSA) is 82.2 Å². The zero-order valence-electron chi connectivity index (χ0n) is 13.5. The number of rotatable bonds is 3. The third kappa shape index (κ3) is 3.22. The molecule has 27 heavy (non-hydrogen) atoms. The second-order valence-corrected chi connectivity index (χ2v) is 6.60. The zero-order chi connectivity index (χ0) is 19.1. The Labute approximate surface area is 161 Å². The van der Waals surface area contributed by atoms with Crippen molar-refractivity contribution in [3.63, 3.8) is 0 Å². The Morgan fingerprint density at radius 1 is 0.963 bits per heavy atom. The first-order valence-electron chi connectivity index (χ1n) is 7.78. The number of hydrogen-bond donors (Lipinski definition) is 3. The van der Waals surface area contributed by atoms with Crippen LogP contribution in [-0.4, -0.2) is 14.6 Å². The summed E-state index contributed by atoms with van der Waals surface area (Å²) in [6.45, 7) is 0. The highest BCUT2D eigenvalue weighted by atomic mass is 35.5. The molecule has 0 fully saturated rings. The van der Waals surface area contributed by atoms with Crippen LogP contribution in [0.25, 0.3) is 16.9 Å². The molecule has 0 spiro atoms. The van der Waals surface area contributed by atoms with E-state index >= 15 is 0 Å². The summed E-state index contributed by atoms with van der Waals surface area (Å²) in [4.78, 5) is 27.8. The maximum atomic E-state index is 13.1. The number of nitrogens with one attached hydrogen (secondary N) is 3. The molecule has 0 saturated heterocycles. The van der Waals surface area contributed by atoms with Gasteiger partial charge in [-0.1, -0.05) is 29.3 Å². The van der Waals surface area contributed by atoms with Crippen molar-refractivity contribution in [2.45, 2.75) is 0 Å². The molecule has 0 amide bonds. The van der Waals surface area contributed by atoms with Crippen LogP contribution < -0.4 is 16.4 Å². The van der Waals surface area contributed by atoms with Crippen molar-refractivity contribution in [1.29, 1.82) is 0 Å². The fourth-order valence-electron chi connectivity index (χ4n) is 2.68. The summed E-state index contributed by atoms with van der Waals surface area (Å²) in [5.74, 6) is -0.397. The van der Waals surface area contributed by atoms with Gasteiger partial charge in [0, 0.05) is 11.8 Å². The highest BCUT2D eigenvalue weighted by Crippen LogP contribution is 2.28. The number of aromatic amines is 2. The zero-order valence-corrected chi connectivity index (χ0v) is 15.0. The van der Waals surface area contributed by atoms with Gasteiger partial charge in [-0.15, -0.1) is 0 Å². The Morgan fingerprint density at radius 3 is 2.41 bits per heavy atom. The van der Waals surface area contributed by atoms with Gasteiger partial charge < -0.3 is 10.3 Å². The molecule has 2 aromatic heterocycles. The average Bonchev–Trinajstić information content (AvgIpc) is 2.96. The summed E-state index contributed by atoms with van der Waals surface area (Å²) >= 11 is 12.0. The van der Waals surface area contributed by atoms with E-state index in [1.807, 2.05) is 0 Å². The smallest absolute Gasteiger partial charge is 0.290 e. The van der Waals surface area contributed by atoms with E-state index in [1.165, 1.54) is 30.3 Å². The number of benzene rings is 2. The van der Waals surface area contributed by atoms with Crippen molar-refractivity contribution >= 4 is 40.2 Å². The van der Waals surface area contributed by atoms with Gasteiger partial charge in [-0.25, -0.2) is 4.39 Å². The second-order valence-electron chi connectivity index (χ2n) is 5.78. The predicted octanol–water partition coefficient (Wildman–Crippen LogP) is 4.17. The largest absolute Gasteiger partial charge is 0.348 e. The lowest BCUT2D eigenvalue weighted by atomic mass is 10.1. The van der Waals surface area contributed by atoms with Crippen LogP contribution in [0.2, 0.25) is 10.0 Å². The summed E-state index contributed by atoms with van der Waals surface area (Å²) in [7, 11) is 0. The molecule has 0 saturated carbocycles. The first-order valence-corrected chi connectivity index (χ1v) is 8.54. The molecule has 3 N–H and O–H groups in total. The lowest BCUT2D eigenvalue weighted by molar-refractivity contribution is 0.628. The van der Waals surface area contributed by atoms with Crippen LogP contribution in [0.5, 0.6) is 0 Å². The summed E-state index contributed by atoms with van der Waals surface area (Å²) in [5, 5.41) is 6.09.